The number of carbonyl (C=O) groups excluding carboxylic acids is 1. The highest BCUT2D eigenvalue weighted by atomic mass is 35.5. The van der Waals surface area contributed by atoms with Gasteiger partial charge in [0.25, 0.3) is 0 Å². The largest absolute Gasteiger partial charge is 0.448 e. The lowest BCUT2D eigenvalue weighted by Crippen LogP contribution is -2.53. The van der Waals surface area contributed by atoms with E-state index in [9.17, 15) is 13.2 Å². The van der Waals surface area contributed by atoms with Gasteiger partial charge >= 0.3 is 6.09 Å². The molecule has 5 rings (SSSR count). The Bertz CT molecular complexity index is 1150. The number of benzene rings is 2. The van der Waals surface area contributed by atoms with Gasteiger partial charge in [-0.2, -0.15) is 4.31 Å². The number of likely N-dealkylation sites (tertiary alicyclic amines) is 1. The van der Waals surface area contributed by atoms with Gasteiger partial charge < -0.3 is 10.1 Å². The lowest BCUT2D eigenvalue weighted by atomic mass is 9.96. The standard InChI is InChI=1S/C28H36ClN3O4S/c29-23-11-13-26(14-12-23)37(34,35)32-25(7-4-8-27(32)22-9-10-22)20-36-28(33)30-24-15-17-31(18-16-24)19-21-5-2-1-3-6-21/h1-3,5-6,11-14,22,24-25,27H,4,7-10,15-20H2,(H,30,33)/t25-,27+/m1/s1. The van der Waals surface area contributed by atoms with Crippen molar-refractivity contribution in [3.63, 3.8) is 0 Å². The van der Waals surface area contributed by atoms with Crippen LogP contribution in [0.1, 0.15) is 50.5 Å². The number of nitrogens with zero attached hydrogens (tertiary/aromatic N) is 2. The van der Waals surface area contributed by atoms with E-state index in [0.29, 0.717) is 17.4 Å². The van der Waals surface area contributed by atoms with Crippen molar-refractivity contribution in [3.05, 3.63) is 65.2 Å². The van der Waals surface area contributed by atoms with Gasteiger partial charge in [0, 0.05) is 36.7 Å². The summed E-state index contributed by atoms with van der Waals surface area (Å²) in [7, 11) is -3.73. The fourth-order valence-electron chi connectivity index (χ4n) is 5.73. The predicted molar refractivity (Wildman–Crippen MR) is 144 cm³/mol. The molecule has 0 aromatic heterocycles. The molecule has 2 atom stereocenters. The van der Waals surface area contributed by atoms with Gasteiger partial charge in [0.15, 0.2) is 0 Å². The van der Waals surface area contributed by atoms with Crippen LogP contribution in [0, 0.1) is 5.92 Å². The number of alkyl carbamates (subject to hydrolysis) is 1. The summed E-state index contributed by atoms with van der Waals surface area (Å²) >= 11 is 6.00. The van der Waals surface area contributed by atoms with Crippen LogP contribution in [0.3, 0.4) is 0 Å². The Morgan fingerprint density at radius 2 is 1.65 bits per heavy atom. The Morgan fingerprint density at radius 3 is 2.32 bits per heavy atom. The molecule has 0 spiro atoms. The molecule has 1 amide bonds. The van der Waals surface area contributed by atoms with Crippen molar-refractivity contribution in [2.45, 2.75) is 74.5 Å². The number of halogens is 1. The van der Waals surface area contributed by atoms with Crippen LogP contribution in [0.2, 0.25) is 5.02 Å². The number of hydrogen-bond donors (Lipinski definition) is 1. The van der Waals surface area contributed by atoms with Crippen LogP contribution in [0.4, 0.5) is 4.79 Å². The molecule has 2 saturated heterocycles. The normalized spacial score (nSPS) is 24.0. The minimum absolute atomic E-state index is 0.0416. The molecule has 0 radical (unpaired) electrons. The van der Waals surface area contributed by atoms with E-state index in [1.807, 2.05) is 6.07 Å². The number of carbonyl (C=O) groups is 1. The third kappa shape index (κ3) is 6.66. The summed E-state index contributed by atoms with van der Waals surface area (Å²) in [4.78, 5) is 15.3. The monoisotopic (exact) mass is 545 g/mol. The molecule has 7 nitrogen and oxygen atoms in total. The smallest absolute Gasteiger partial charge is 0.407 e. The molecule has 1 saturated carbocycles. The Hall–Kier alpha value is -2.13. The fraction of sp³-hybridized carbons (Fsp3) is 0.536. The molecule has 2 aromatic rings. The lowest BCUT2D eigenvalue weighted by molar-refractivity contribution is 0.0759. The number of sulfonamides is 1. The predicted octanol–water partition coefficient (Wildman–Crippen LogP) is 5.05. The Balaban J connectivity index is 1.16. The van der Waals surface area contributed by atoms with Crippen LogP contribution in [0.5, 0.6) is 0 Å². The fourth-order valence-corrected chi connectivity index (χ4v) is 7.77. The maximum absolute atomic E-state index is 13.7. The van der Waals surface area contributed by atoms with E-state index in [1.54, 1.807) is 28.6 Å². The van der Waals surface area contributed by atoms with Crippen molar-refractivity contribution < 1.29 is 17.9 Å². The molecule has 2 aliphatic heterocycles. The van der Waals surface area contributed by atoms with Crippen LogP contribution in [0.15, 0.2) is 59.5 Å². The van der Waals surface area contributed by atoms with E-state index in [1.165, 1.54) is 5.56 Å². The van der Waals surface area contributed by atoms with Crippen molar-refractivity contribution >= 4 is 27.7 Å². The Kier molecular flexibility index (Phi) is 8.39. The van der Waals surface area contributed by atoms with Crippen molar-refractivity contribution in [1.29, 1.82) is 0 Å². The summed E-state index contributed by atoms with van der Waals surface area (Å²) in [5.74, 6) is 0.389. The second-order valence-electron chi connectivity index (χ2n) is 10.6. The van der Waals surface area contributed by atoms with Crippen molar-refractivity contribution in [2.24, 2.45) is 5.92 Å². The molecule has 2 aromatic carbocycles. The first-order valence-electron chi connectivity index (χ1n) is 13.4. The molecule has 1 N–H and O–H groups in total. The van der Waals surface area contributed by atoms with Crippen molar-refractivity contribution in [3.8, 4) is 0 Å². The zero-order chi connectivity index (χ0) is 25.8. The number of rotatable bonds is 8. The zero-order valence-electron chi connectivity index (χ0n) is 21.1. The van der Waals surface area contributed by atoms with E-state index in [0.717, 1.165) is 58.2 Å². The quantitative estimate of drug-likeness (QED) is 0.502. The molecule has 9 heteroatoms. The van der Waals surface area contributed by atoms with E-state index >= 15 is 0 Å². The maximum atomic E-state index is 13.7. The topological polar surface area (TPSA) is 79.0 Å². The lowest BCUT2D eigenvalue weighted by Gasteiger charge is -2.41. The second-order valence-corrected chi connectivity index (χ2v) is 12.8. The van der Waals surface area contributed by atoms with Crippen LogP contribution in [-0.4, -0.2) is 61.5 Å². The van der Waals surface area contributed by atoms with Crippen LogP contribution >= 0.6 is 11.6 Å². The summed E-state index contributed by atoms with van der Waals surface area (Å²) < 4.78 is 34.7. The van der Waals surface area contributed by atoms with Crippen LogP contribution in [-0.2, 0) is 21.3 Å². The average molecular weight is 546 g/mol. The molecule has 3 fully saturated rings. The van der Waals surface area contributed by atoms with Gasteiger partial charge in [-0.15, -0.1) is 0 Å². The SMILES string of the molecule is O=C(NC1CCN(Cc2ccccc2)CC1)OC[C@H]1CCC[C@@H](C2CC2)N1S(=O)(=O)c1ccc(Cl)cc1. The number of hydrogen-bond acceptors (Lipinski definition) is 5. The molecule has 200 valence electrons. The molecule has 2 heterocycles. The summed E-state index contributed by atoms with van der Waals surface area (Å²) in [5.41, 5.74) is 1.29. The van der Waals surface area contributed by atoms with E-state index < -0.39 is 16.1 Å². The van der Waals surface area contributed by atoms with Gasteiger partial charge in [0.1, 0.15) is 6.61 Å². The van der Waals surface area contributed by atoms with E-state index in [4.69, 9.17) is 16.3 Å². The number of nitrogens with one attached hydrogen (secondary N) is 1. The maximum Gasteiger partial charge on any atom is 0.407 e. The minimum atomic E-state index is -3.73. The first-order valence-corrected chi connectivity index (χ1v) is 15.2. The average Bonchev–Trinajstić information content (AvgIpc) is 3.75. The van der Waals surface area contributed by atoms with Gasteiger partial charge in [-0.25, -0.2) is 13.2 Å². The van der Waals surface area contributed by atoms with Crippen LogP contribution in [0.25, 0.3) is 0 Å². The Labute approximate surface area is 225 Å². The Morgan fingerprint density at radius 1 is 0.946 bits per heavy atom. The van der Waals surface area contributed by atoms with Gasteiger partial charge in [0.05, 0.1) is 10.9 Å². The van der Waals surface area contributed by atoms with Gasteiger partial charge in [0.2, 0.25) is 10.0 Å². The molecular formula is C28H36ClN3O4S. The molecule has 1 aliphatic carbocycles. The van der Waals surface area contributed by atoms with E-state index in [-0.39, 0.29) is 29.6 Å². The number of amides is 1. The summed E-state index contributed by atoms with van der Waals surface area (Å²) in [6, 6.07) is 16.4. The highest BCUT2D eigenvalue weighted by molar-refractivity contribution is 7.89. The number of piperidine rings is 2. The van der Waals surface area contributed by atoms with Crippen molar-refractivity contribution in [2.75, 3.05) is 19.7 Å². The zero-order valence-corrected chi connectivity index (χ0v) is 22.7. The molecule has 37 heavy (non-hydrogen) atoms. The molecular weight excluding hydrogens is 510 g/mol. The third-order valence-electron chi connectivity index (χ3n) is 7.84. The van der Waals surface area contributed by atoms with Crippen molar-refractivity contribution in [1.82, 2.24) is 14.5 Å². The summed E-state index contributed by atoms with van der Waals surface area (Å²) in [6.45, 7) is 2.81. The van der Waals surface area contributed by atoms with Gasteiger partial charge in [-0.05, 0) is 74.3 Å². The second kappa shape index (κ2) is 11.7. The highest BCUT2D eigenvalue weighted by Gasteiger charge is 2.46. The molecule has 0 bridgehead atoms. The minimum Gasteiger partial charge on any atom is -0.448 e. The number of ether oxygens (including phenoxy) is 1. The van der Waals surface area contributed by atoms with Gasteiger partial charge in [-0.1, -0.05) is 48.4 Å². The first-order chi connectivity index (χ1) is 17.9. The summed E-state index contributed by atoms with van der Waals surface area (Å²) in [5, 5.41) is 3.51. The van der Waals surface area contributed by atoms with Crippen LogP contribution < -0.4 is 5.32 Å². The highest BCUT2D eigenvalue weighted by Crippen LogP contribution is 2.43. The van der Waals surface area contributed by atoms with Gasteiger partial charge in [-0.3, -0.25) is 4.90 Å². The first kappa shape index (κ1) is 26.5. The van der Waals surface area contributed by atoms with E-state index in [2.05, 4.69) is 34.5 Å². The molecule has 3 aliphatic rings. The third-order valence-corrected chi connectivity index (χ3v) is 10.1. The molecule has 0 unspecified atom stereocenters. The summed E-state index contributed by atoms with van der Waals surface area (Å²) in [6.07, 6.45) is 5.84.